The van der Waals surface area contributed by atoms with E-state index in [1.165, 1.54) is 14.1 Å². The molecule has 1 aromatic heterocycles. The molecule has 7 nitrogen and oxygen atoms in total. The molecule has 0 unspecified atom stereocenters. The summed E-state index contributed by atoms with van der Waals surface area (Å²) in [7, 11) is -0.630. The molecule has 0 fully saturated rings. The summed E-state index contributed by atoms with van der Waals surface area (Å²) in [4.78, 5) is 8.83. The van der Waals surface area contributed by atoms with Gasteiger partial charge in [0.05, 0.1) is 23.3 Å². The van der Waals surface area contributed by atoms with E-state index in [1.807, 2.05) is 26.8 Å². The van der Waals surface area contributed by atoms with E-state index >= 15 is 0 Å². The minimum atomic E-state index is -3.56. The highest BCUT2D eigenvalue weighted by Crippen LogP contribution is 2.28. The first-order chi connectivity index (χ1) is 11.0. The Kier molecular flexibility index (Phi) is 4.82. The third-order valence-corrected chi connectivity index (χ3v) is 4.85. The lowest BCUT2D eigenvalue weighted by molar-refractivity contribution is 0.527. The lowest BCUT2D eigenvalue weighted by Crippen LogP contribution is -2.28. The van der Waals surface area contributed by atoms with E-state index in [9.17, 15) is 8.42 Å². The second-order valence-electron chi connectivity index (χ2n) is 6.71. The van der Waals surface area contributed by atoms with Gasteiger partial charge in [0.1, 0.15) is 5.82 Å². The Balaban J connectivity index is 2.43. The summed E-state index contributed by atoms with van der Waals surface area (Å²) >= 11 is 0. The number of hydrogen-bond acceptors (Lipinski definition) is 5. The summed E-state index contributed by atoms with van der Waals surface area (Å²) in [5.74, 6) is 0.399. The maximum absolute atomic E-state index is 11.9. The first-order valence-corrected chi connectivity index (χ1v) is 8.88. The molecule has 0 amide bonds. The van der Waals surface area contributed by atoms with Crippen LogP contribution in [-0.4, -0.2) is 36.8 Å². The van der Waals surface area contributed by atoms with Crippen LogP contribution in [0.4, 0.5) is 11.5 Å². The third kappa shape index (κ3) is 4.01. The third-order valence-electron chi connectivity index (χ3n) is 3.40. The minimum absolute atomic E-state index is 0.239. The van der Waals surface area contributed by atoms with Gasteiger partial charge in [0.15, 0.2) is 0 Å². The number of nitrogen functional groups attached to an aromatic ring is 1. The van der Waals surface area contributed by atoms with Gasteiger partial charge in [-0.1, -0.05) is 32.9 Å². The van der Waals surface area contributed by atoms with Crippen molar-refractivity contribution in [3.63, 3.8) is 0 Å². The van der Waals surface area contributed by atoms with Crippen molar-refractivity contribution in [3.05, 3.63) is 36.2 Å². The van der Waals surface area contributed by atoms with Gasteiger partial charge in [-0.3, -0.25) is 4.72 Å². The maximum Gasteiger partial charge on any atom is 0.301 e. The zero-order valence-electron chi connectivity index (χ0n) is 14.5. The Bertz CT molecular complexity index is 842. The number of benzene rings is 1. The molecule has 24 heavy (non-hydrogen) atoms. The molecule has 0 aliphatic carbocycles. The Labute approximate surface area is 143 Å². The van der Waals surface area contributed by atoms with Crippen LogP contribution in [0.5, 0.6) is 0 Å². The number of rotatable bonds is 4. The van der Waals surface area contributed by atoms with Crippen LogP contribution in [-0.2, 0) is 15.6 Å². The minimum Gasteiger partial charge on any atom is -0.382 e. The molecular weight excluding hydrogens is 326 g/mol. The van der Waals surface area contributed by atoms with E-state index in [-0.39, 0.29) is 5.41 Å². The van der Waals surface area contributed by atoms with Gasteiger partial charge < -0.3 is 5.73 Å². The first kappa shape index (κ1) is 18.2. The van der Waals surface area contributed by atoms with Crippen molar-refractivity contribution in [2.45, 2.75) is 26.2 Å². The van der Waals surface area contributed by atoms with Crippen molar-refractivity contribution in [3.8, 4) is 11.3 Å². The summed E-state index contributed by atoms with van der Waals surface area (Å²) in [5.41, 5.74) is 8.25. The number of anilines is 2. The zero-order chi connectivity index (χ0) is 18.1. The Morgan fingerprint density at radius 1 is 1.21 bits per heavy atom. The van der Waals surface area contributed by atoms with Crippen molar-refractivity contribution in [2.24, 2.45) is 0 Å². The predicted molar refractivity (Wildman–Crippen MR) is 96.8 cm³/mol. The molecule has 0 bridgehead atoms. The Morgan fingerprint density at radius 3 is 2.46 bits per heavy atom. The molecule has 0 aliphatic rings. The monoisotopic (exact) mass is 349 g/mol. The molecule has 0 saturated heterocycles. The fourth-order valence-corrected chi connectivity index (χ4v) is 2.68. The van der Waals surface area contributed by atoms with Crippen molar-refractivity contribution in [1.29, 1.82) is 0 Å². The topological polar surface area (TPSA) is 101 Å². The predicted octanol–water partition coefficient (Wildman–Crippen LogP) is 2.24. The second kappa shape index (κ2) is 6.37. The number of nitrogens with zero attached hydrogens (tertiary/aromatic N) is 3. The largest absolute Gasteiger partial charge is 0.382 e. The van der Waals surface area contributed by atoms with Gasteiger partial charge in [-0.2, -0.15) is 12.7 Å². The normalized spacial score (nSPS) is 12.4. The highest BCUT2D eigenvalue weighted by molar-refractivity contribution is 7.90. The molecule has 2 rings (SSSR count). The molecule has 0 radical (unpaired) electrons. The number of hydrogen-bond donors (Lipinski definition) is 2. The van der Waals surface area contributed by atoms with Crippen LogP contribution in [0.1, 0.15) is 26.5 Å². The Hall–Kier alpha value is -2.19. The average molecular weight is 349 g/mol. The smallest absolute Gasteiger partial charge is 0.301 e. The van der Waals surface area contributed by atoms with Crippen LogP contribution >= 0.6 is 0 Å². The van der Waals surface area contributed by atoms with E-state index in [1.54, 1.807) is 24.4 Å². The Morgan fingerprint density at radius 2 is 1.88 bits per heavy atom. The SMILES string of the molecule is CN(C)S(=O)(=O)Nc1cccc(-c2cnc(N)c(C(C)(C)C)n2)c1. The van der Waals surface area contributed by atoms with Crippen LogP contribution in [0.25, 0.3) is 11.3 Å². The lowest BCUT2D eigenvalue weighted by atomic mass is 9.91. The van der Waals surface area contributed by atoms with Gasteiger partial charge in [0.25, 0.3) is 0 Å². The van der Waals surface area contributed by atoms with E-state index in [0.29, 0.717) is 22.9 Å². The summed E-state index contributed by atoms with van der Waals surface area (Å²) in [6, 6.07) is 7.01. The van der Waals surface area contributed by atoms with Crippen LogP contribution in [0.15, 0.2) is 30.5 Å². The van der Waals surface area contributed by atoms with Gasteiger partial charge in [-0.15, -0.1) is 0 Å². The van der Waals surface area contributed by atoms with E-state index < -0.39 is 10.2 Å². The molecule has 1 aromatic carbocycles. The van der Waals surface area contributed by atoms with Crippen molar-refractivity contribution in [2.75, 3.05) is 24.6 Å². The number of nitrogens with one attached hydrogen (secondary N) is 1. The van der Waals surface area contributed by atoms with E-state index in [4.69, 9.17) is 5.73 Å². The summed E-state index contributed by atoms with van der Waals surface area (Å²) in [6.07, 6.45) is 1.59. The molecule has 3 N–H and O–H groups in total. The highest BCUT2D eigenvalue weighted by Gasteiger charge is 2.21. The molecule has 0 atom stereocenters. The van der Waals surface area contributed by atoms with Crippen LogP contribution < -0.4 is 10.5 Å². The quantitative estimate of drug-likeness (QED) is 0.881. The second-order valence-corrected chi connectivity index (χ2v) is 8.59. The summed E-state index contributed by atoms with van der Waals surface area (Å²) < 4.78 is 27.5. The zero-order valence-corrected chi connectivity index (χ0v) is 15.3. The fraction of sp³-hybridized carbons (Fsp3) is 0.375. The van der Waals surface area contributed by atoms with Gasteiger partial charge in [-0.25, -0.2) is 9.97 Å². The van der Waals surface area contributed by atoms with Crippen LogP contribution in [0.2, 0.25) is 0 Å². The van der Waals surface area contributed by atoms with Crippen molar-refractivity contribution in [1.82, 2.24) is 14.3 Å². The van der Waals surface area contributed by atoms with E-state index in [2.05, 4.69) is 14.7 Å². The summed E-state index contributed by atoms with van der Waals surface area (Å²) in [5, 5.41) is 0. The molecule has 0 aliphatic heterocycles. The lowest BCUT2D eigenvalue weighted by Gasteiger charge is -2.20. The molecule has 0 spiro atoms. The average Bonchev–Trinajstić information content (AvgIpc) is 2.46. The van der Waals surface area contributed by atoms with Gasteiger partial charge >= 0.3 is 10.2 Å². The van der Waals surface area contributed by atoms with E-state index in [0.717, 1.165) is 9.87 Å². The molecule has 1 heterocycles. The van der Waals surface area contributed by atoms with Crippen molar-refractivity contribution < 1.29 is 8.42 Å². The van der Waals surface area contributed by atoms with Crippen LogP contribution in [0, 0.1) is 0 Å². The van der Waals surface area contributed by atoms with Gasteiger partial charge in [0, 0.05) is 25.1 Å². The number of nitrogens with two attached hydrogens (primary N) is 1. The molecule has 130 valence electrons. The fourth-order valence-electron chi connectivity index (χ4n) is 2.07. The number of aromatic nitrogens is 2. The van der Waals surface area contributed by atoms with Crippen molar-refractivity contribution >= 4 is 21.7 Å². The van der Waals surface area contributed by atoms with Gasteiger partial charge in [-0.05, 0) is 12.1 Å². The molecule has 0 saturated carbocycles. The maximum atomic E-state index is 11.9. The molecular formula is C16H23N5O2S. The van der Waals surface area contributed by atoms with Crippen LogP contribution in [0.3, 0.4) is 0 Å². The molecule has 8 heteroatoms. The highest BCUT2D eigenvalue weighted by atomic mass is 32.2. The summed E-state index contributed by atoms with van der Waals surface area (Å²) in [6.45, 7) is 6.04. The first-order valence-electron chi connectivity index (χ1n) is 7.44. The van der Waals surface area contributed by atoms with Gasteiger partial charge in [0.2, 0.25) is 0 Å². The standard InChI is InChI=1S/C16H23N5O2S/c1-16(2,3)14-15(17)18-10-13(19-14)11-7-6-8-12(9-11)20-24(22,23)21(4)5/h6-10,20H,1-5H3,(H2,17,18). The molecule has 2 aromatic rings.